The fourth-order valence-corrected chi connectivity index (χ4v) is 0.894. The Labute approximate surface area is 80.7 Å². The SMILES string of the molecule is [B]CN(C)c1ccc(I)nn1. The molecule has 0 unspecified atom stereocenters. The summed E-state index contributed by atoms with van der Waals surface area (Å²) < 4.78 is 0.886. The molecule has 11 heavy (non-hydrogen) atoms. The number of hydrogen-bond donors (Lipinski definition) is 0. The Morgan fingerprint density at radius 1 is 1.55 bits per heavy atom. The van der Waals surface area contributed by atoms with E-state index in [1.165, 1.54) is 0 Å². The zero-order chi connectivity index (χ0) is 8.27. The first-order valence-corrected chi connectivity index (χ1v) is 4.22. The Morgan fingerprint density at radius 2 is 2.27 bits per heavy atom. The summed E-state index contributed by atoms with van der Waals surface area (Å²) in [5, 5.41) is 7.83. The lowest BCUT2D eigenvalue weighted by molar-refractivity contribution is 0.935. The number of halogens is 1. The molecule has 0 aromatic carbocycles. The van der Waals surface area contributed by atoms with Gasteiger partial charge in [-0.15, -0.1) is 10.2 Å². The van der Waals surface area contributed by atoms with E-state index in [0.717, 1.165) is 9.52 Å². The fourth-order valence-electron chi connectivity index (χ4n) is 0.606. The van der Waals surface area contributed by atoms with Crippen LogP contribution >= 0.6 is 22.6 Å². The molecule has 0 saturated heterocycles. The first-order valence-electron chi connectivity index (χ1n) is 3.14. The largest absolute Gasteiger partial charge is 0.367 e. The molecule has 5 heteroatoms. The van der Waals surface area contributed by atoms with Crippen LogP contribution in [0.1, 0.15) is 0 Å². The quantitative estimate of drug-likeness (QED) is 0.576. The maximum atomic E-state index is 5.40. The van der Waals surface area contributed by atoms with E-state index in [1.54, 1.807) is 0 Å². The third kappa shape index (κ3) is 2.32. The van der Waals surface area contributed by atoms with Gasteiger partial charge in [-0.1, -0.05) is 0 Å². The minimum absolute atomic E-state index is 0.454. The third-order valence-electron chi connectivity index (χ3n) is 1.28. The molecule has 0 aliphatic rings. The van der Waals surface area contributed by atoms with Crippen LogP contribution in [-0.4, -0.2) is 31.5 Å². The molecular weight excluding hydrogens is 252 g/mol. The fraction of sp³-hybridized carbons (Fsp3) is 0.333. The van der Waals surface area contributed by atoms with Gasteiger partial charge < -0.3 is 4.90 Å². The molecular formula is C6H7BIN3. The molecule has 1 rings (SSSR count). The molecule has 0 bridgehead atoms. The molecule has 0 atom stereocenters. The molecule has 0 aliphatic heterocycles. The van der Waals surface area contributed by atoms with Gasteiger partial charge in [0.1, 0.15) is 9.52 Å². The van der Waals surface area contributed by atoms with E-state index in [1.807, 2.05) is 24.1 Å². The zero-order valence-electron chi connectivity index (χ0n) is 6.16. The van der Waals surface area contributed by atoms with Gasteiger partial charge in [0.15, 0.2) is 0 Å². The molecule has 0 amide bonds. The Kier molecular flexibility index (Phi) is 3.10. The van der Waals surface area contributed by atoms with Crippen LogP contribution < -0.4 is 4.90 Å². The van der Waals surface area contributed by atoms with Crippen molar-refractivity contribution in [3.8, 4) is 0 Å². The molecule has 3 nitrogen and oxygen atoms in total. The Hall–Kier alpha value is -0.325. The molecule has 0 spiro atoms. The summed E-state index contributed by atoms with van der Waals surface area (Å²) in [5.41, 5.74) is 0. The van der Waals surface area contributed by atoms with Crippen LogP contribution in [0, 0.1) is 3.70 Å². The molecule has 0 fully saturated rings. The molecule has 1 aromatic heterocycles. The van der Waals surface area contributed by atoms with Crippen LogP contribution in [0.25, 0.3) is 0 Å². The second-order valence-corrected chi connectivity index (χ2v) is 3.20. The second-order valence-electron chi connectivity index (χ2n) is 2.09. The monoisotopic (exact) mass is 259 g/mol. The van der Waals surface area contributed by atoms with Crippen LogP contribution in [0.3, 0.4) is 0 Å². The van der Waals surface area contributed by atoms with Crippen molar-refractivity contribution in [1.29, 1.82) is 0 Å². The van der Waals surface area contributed by atoms with E-state index in [-0.39, 0.29) is 0 Å². The van der Waals surface area contributed by atoms with Crippen molar-refractivity contribution in [2.75, 3.05) is 18.4 Å². The van der Waals surface area contributed by atoms with Gasteiger partial charge in [0, 0.05) is 7.05 Å². The van der Waals surface area contributed by atoms with E-state index >= 15 is 0 Å². The summed E-state index contributed by atoms with van der Waals surface area (Å²) in [4.78, 5) is 1.82. The van der Waals surface area contributed by atoms with Crippen molar-refractivity contribution in [2.24, 2.45) is 0 Å². The first kappa shape index (κ1) is 8.77. The molecule has 1 heterocycles. The van der Waals surface area contributed by atoms with Crippen LogP contribution in [0.4, 0.5) is 5.82 Å². The Balaban J connectivity index is 2.81. The lowest BCUT2D eigenvalue weighted by Gasteiger charge is -2.13. The van der Waals surface area contributed by atoms with Crippen LogP contribution in [0.2, 0.25) is 0 Å². The maximum absolute atomic E-state index is 5.40. The number of rotatable bonds is 2. The van der Waals surface area contributed by atoms with E-state index < -0.39 is 0 Å². The average molecular weight is 259 g/mol. The normalized spacial score (nSPS) is 9.64. The van der Waals surface area contributed by atoms with Crippen molar-refractivity contribution >= 4 is 36.3 Å². The summed E-state index contributed by atoms with van der Waals surface area (Å²) in [5.74, 6) is 0.799. The van der Waals surface area contributed by atoms with Gasteiger partial charge in [-0.3, -0.25) is 0 Å². The van der Waals surface area contributed by atoms with Crippen LogP contribution in [0.15, 0.2) is 12.1 Å². The van der Waals surface area contributed by atoms with Gasteiger partial charge >= 0.3 is 0 Å². The van der Waals surface area contributed by atoms with Crippen molar-refractivity contribution in [3.05, 3.63) is 15.8 Å². The first-order chi connectivity index (χ1) is 5.24. The van der Waals surface area contributed by atoms with Crippen LogP contribution in [0.5, 0.6) is 0 Å². The highest BCUT2D eigenvalue weighted by atomic mass is 127. The van der Waals surface area contributed by atoms with Gasteiger partial charge in [-0.05, 0) is 41.2 Å². The highest BCUT2D eigenvalue weighted by Crippen LogP contribution is 2.06. The highest BCUT2D eigenvalue weighted by Gasteiger charge is 1.98. The predicted octanol–water partition coefficient (Wildman–Crippen LogP) is 0.643. The van der Waals surface area contributed by atoms with E-state index in [2.05, 4.69) is 32.8 Å². The Morgan fingerprint density at radius 3 is 2.73 bits per heavy atom. The maximum Gasteiger partial charge on any atom is 0.150 e. The van der Waals surface area contributed by atoms with E-state index in [0.29, 0.717) is 6.44 Å². The van der Waals surface area contributed by atoms with Crippen molar-refractivity contribution < 1.29 is 0 Å². The number of nitrogens with zero attached hydrogens (tertiary/aromatic N) is 3. The van der Waals surface area contributed by atoms with Gasteiger partial charge in [-0.25, -0.2) is 0 Å². The van der Waals surface area contributed by atoms with Crippen molar-refractivity contribution in [2.45, 2.75) is 0 Å². The molecule has 0 saturated carbocycles. The number of hydrogen-bond acceptors (Lipinski definition) is 3. The molecule has 0 aliphatic carbocycles. The van der Waals surface area contributed by atoms with Gasteiger partial charge in [-0.2, -0.15) is 0 Å². The van der Waals surface area contributed by atoms with E-state index in [4.69, 9.17) is 7.85 Å². The van der Waals surface area contributed by atoms with E-state index in [9.17, 15) is 0 Å². The molecule has 2 radical (unpaired) electrons. The van der Waals surface area contributed by atoms with Gasteiger partial charge in [0.05, 0.1) is 7.85 Å². The average Bonchev–Trinajstić information content (AvgIpc) is 2.05. The highest BCUT2D eigenvalue weighted by molar-refractivity contribution is 14.1. The standard InChI is InChI=1S/C6H7BIN3/c1-11(4-7)6-3-2-5(8)9-10-6/h2-3H,4H2,1H3. The van der Waals surface area contributed by atoms with Gasteiger partial charge in [0.25, 0.3) is 0 Å². The van der Waals surface area contributed by atoms with Crippen molar-refractivity contribution in [1.82, 2.24) is 10.2 Å². The summed E-state index contributed by atoms with van der Waals surface area (Å²) >= 11 is 2.11. The number of anilines is 1. The predicted molar refractivity (Wildman–Crippen MR) is 53.8 cm³/mol. The minimum Gasteiger partial charge on any atom is -0.367 e. The summed E-state index contributed by atoms with van der Waals surface area (Å²) in [6.07, 6.45) is 0.454. The lowest BCUT2D eigenvalue weighted by Crippen LogP contribution is -2.19. The second kappa shape index (κ2) is 3.89. The van der Waals surface area contributed by atoms with Crippen molar-refractivity contribution in [3.63, 3.8) is 0 Å². The summed E-state index contributed by atoms with van der Waals surface area (Å²) in [7, 11) is 7.27. The topological polar surface area (TPSA) is 29.0 Å². The summed E-state index contributed by atoms with van der Waals surface area (Å²) in [6.45, 7) is 0. The Bertz CT molecular complexity index is 226. The third-order valence-corrected chi connectivity index (χ3v) is 1.86. The van der Waals surface area contributed by atoms with Gasteiger partial charge in [0.2, 0.25) is 0 Å². The minimum atomic E-state index is 0.454. The molecule has 56 valence electrons. The summed E-state index contributed by atoms with van der Waals surface area (Å²) in [6, 6.07) is 3.79. The smallest absolute Gasteiger partial charge is 0.150 e. The number of aromatic nitrogens is 2. The molecule has 0 N–H and O–H groups in total. The van der Waals surface area contributed by atoms with Crippen LogP contribution in [-0.2, 0) is 0 Å². The molecule has 1 aromatic rings. The zero-order valence-corrected chi connectivity index (χ0v) is 8.32. The lowest BCUT2D eigenvalue weighted by atomic mass is 10.1.